The lowest BCUT2D eigenvalue weighted by molar-refractivity contribution is -0.122. The third kappa shape index (κ3) is 4.84. The van der Waals surface area contributed by atoms with Gasteiger partial charge in [-0.15, -0.1) is 11.3 Å². The molecule has 1 amide bonds. The lowest BCUT2D eigenvalue weighted by Gasteiger charge is -2.16. The average molecular weight is 369 g/mol. The lowest BCUT2D eigenvalue weighted by atomic mass is 10.1. The summed E-state index contributed by atoms with van der Waals surface area (Å²) in [5.41, 5.74) is 2.43. The zero-order valence-electron chi connectivity index (χ0n) is 15.2. The van der Waals surface area contributed by atoms with Crippen molar-refractivity contribution in [2.45, 2.75) is 13.0 Å². The van der Waals surface area contributed by atoms with Crippen molar-refractivity contribution in [1.82, 2.24) is 10.2 Å². The average Bonchev–Trinajstić information content (AvgIpc) is 3.05. The van der Waals surface area contributed by atoms with Crippen LogP contribution in [0, 0.1) is 0 Å². The number of hydrogen-bond acceptors (Lipinski definition) is 4. The highest BCUT2D eigenvalue weighted by molar-refractivity contribution is 7.17. The minimum Gasteiger partial charge on any atom is -0.497 e. The molecule has 1 N–H and O–H groups in total. The molecule has 1 aromatic heterocycles. The molecular weight excluding hydrogens is 344 g/mol. The molecule has 0 fully saturated rings. The molecule has 0 aliphatic carbocycles. The van der Waals surface area contributed by atoms with E-state index in [1.807, 2.05) is 31.3 Å². The normalized spacial score (nSPS) is 11.0. The number of fused-ring (bicyclic) bond motifs is 1. The first-order valence-corrected chi connectivity index (χ1v) is 9.57. The monoisotopic (exact) mass is 368 g/mol. The van der Waals surface area contributed by atoms with Crippen molar-refractivity contribution < 1.29 is 9.53 Å². The molecule has 0 aliphatic heterocycles. The van der Waals surface area contributed by atoms with Crippen LogP contribution in [0.15, 0.2) is 53.9 Å². The van der Waals surface area contributed by atoms with Gasteiger partial charge in [0, 0.05) is 17.8 Å². The highest BCUT2D eigenvalue weighted by atomic mass is 32.1. The van der Waals surface area contributed by atoms with E-state index in [2.05, 4.69) is 39.9 Å². The zero-order valence-corrected chi connectivity index (χ0v) is 16.0. The Balaban J connectivity index is 1.45. The Morgan fingerprint density at radius 1 is 1.19 bits per heavy atom. The van der Waals surface area contributed by atoms with Crippen LogP contribution < -0.4 is 10.1 Å². The molecule has 2 aromatic carbocycles. The second-order valence-corrected chi connectivity index (χ2v) is 7.29. The molecule has 4 nitrogen and oxygen atoms in total. The number of ether oxygens (including phenoxy) is 1. The predicted molar refractivity (Wildman–Crippen MR) is 108 cm³/mol. The van der Waals surface area contributed by atoms with Gasteiger partial charge in [-0.1, -0.05) is 30.3 Å². The summed E-state index contributed by atoms with van der Waals surface area (Å²) in [6, 6.07) is 16.3. The first kappa shape index (κ1) is 18.4. The molecule has 0 saturated carbocycles. The van der Waals surface area contributed by atoms with Gasteiger partial charge in [0.05, 0.1) is 13.7 Å². The SMILES string of the molecule is COc1cccc(CCNC(=O)CN(C)Cc2csc3ccccc23)c1. The van der Waals surface area contributed by atoms with Crippen molar-refractivity contribution in [2.24, 2.45) is 0 Å². The van der Waals surface area contributed by atoms with E-state index in [-0.39, 0.29) is 5.91 Å². The van der Waals surface area contributed by atoms with Gasteiger partial charge in [0.25, 0.3) is 0 Å². The molecule has 0 unspecified atom stereocenters. The molecule has 5 heteroatoms. The standard InChI is InChI=1S/C21H24N2O2S/c1-23(13-17-15-26-20-9-4-3-8-19(17)20)14-21(24)22-11-10-16-6-5-7-18(12-16)25-2/h3-9,12,15H,10-11,13-14H2,1-2H3,(H,22,24). The van der Waals surface area contributed by atoms with Crippen molar-refractivity contribution in [3.05, 3.63) is 65.0 Å². The molecule has 0 aliphatic rings. The van der Waals surface area contributed by atoms with Gasteiger partial charge in [-0.3, -0.25) is 9.69 Å². The Labute approximate surface area is 158 Å². The molecule has 1 heterocycles. The Morgan fingerprint density at radius 3 is 2.88 bits per heavy atom. The molecule has 0 radical (unpaired) electrons. The maximum Gasteiger partial charge on any atom is 0.234 e. The van der Waals surface area contributed by atoms with Crippen LogP contribution in [0.5, 0.6) is 5.75 Å². The number of methoxy groups -OCH3 is 1. The summed E-state index contributed by atoms with van der Waals surface area (Å²) >= 11 is 1.75. The molecule has 0 spiro atoms. The smallest absolute Gasteiger partial charge is 0.234 e. The molecule has 3 rings (SSSR count). The number of carbonyl (C=O) groups is 1. The van der Waals surface area contributed by atoms with Crippen molar-refractivity contribution >= 4 is 27.3 Å². The van der Waals surface area contributed by atoms with Crippen LogP contribution in [0.25, 0.3) is 10.1 Å². The van der Waals surface area contributed by atoms with E-state index >= 15 is 0 Å². The summed E-state index contributed by atoms with van der Waals surface area (Å²) in [6.07, 6.45) is 0.793. The second-order valence-electron chi connectivity index (χ2n) is 6.38. The Bertz CT molecular complexity index is 875. The fourth-order valence-corrected chi connectivity index (χ4v) is 3.93. The largest absolute Gasteiger partial charge is 0.497 e. The van der Waals surface area contributed by atoms with Crippen LogP contribution in [-0.2, 0) is 17.8 Å². The van der Waals surface area contributed by atoms with Gasteiger partial charge in [0.1, 0.15) is 5.75 Å². The summed E-state index contributed by atoms with van der Waals surface area (Å²) in [6.45, 7) is 1.79. The van der Waals surface area contributed by atoms with Gasteiger partial charge in [-0.2, -0.15) is 0 Å². The Hall–Kier alpha value is -2.37. The van der Waals surface area contributed by atoms with E-state index < -0.39 is 0 Å². The van der Waals surface area contributed by atoms with Crippen LogP contribution in [0.1, 0.15) is 11.1 Å². The molecule has 3 aromatic rings. The van der Waals surface area contributed by atoms with Gasteiger partial charge >= 0.3 is 0 Å². The molecule has 0 atom stereocenters. The Morgan fingerprint density at radius 2 is 2.04 bits per heavy atom. The van der Waals surface area contributed by atoms with E-state index in [0.29, 0.717) is 13.1 Å². The first-order chi connectivity index (χ1) is 12.7. The van der Waals surface area contributed by atoms with Crippen molar-refractivity contribution in [3.8, 4) is 5.75 Å². The maximum atomic E-state index is 12.2. The van der Waals surface area contributed by atoms with E-state index in [0.717, 1.165) is 24.3 Å². The van der Waals surface area contributed by atoms with Gasteiger partial charge in [0.2, 0.25) is 5.91 Å². The Kier molecular flexibility index (Phi) is 6.26. The molecule has 136 valence electrons. The predicted octanol–water partition coefficient (Wildman–Crippen LogP) is 3.70. The minimum absolute atomic E-state index is 0.0509. The fourth-order valence-electron chi connectivity index (χ4n) is 2.98. The van der Waals surface area contributed by atoms with Crippen LogP contribution >= 0.6 is 11.3 Å². The van der Waals surface area contributed by atoms with E-state index in [4.69, 9.17) is 4.74 Å². The number of carbonyl (C=O) groups excluding carboxylic acids is 1. The number of amides is 1. The second kappa shape index (κ2) is 8.83. The van der Waals surface area contributed by atoms with Crippen LogP contribution in [0.3, 0.4) is 0 Å². The van der Waals surface area contributed by atoms with Crippen LogP contribution in [0.2, 0.25) is 0 Å². The van der Waals surface area contributed by atoms with Crippen molar-refractivity contribution in [3.63, 3.8) is 0 Å². The van der Waals surface area contributed by atoms with E-state index in [1.165, 1.54) is 15.6 Å². The topological polar surface area (TPSA) is 41.6 Å². The number of nitrogens with one attached hydrogen (secondary N) is 1. The summed E-state index contributed by atoms with van der Waals surface area (Å²) < 4.78 is 6.51. The number of rotatable bonds is 8. The van der Waals surface area contributed by atoms with Gasteiger partial charge in [0.15, 0.2) is 0 Å². The molecule has 26 heavy (non-hydrogen) atoms. The van der Waals surface area contributed by atoms with Gasteiger partial charge in [-0.05, 0) is 53.6 Å². The van der Waals surface area contributed by atoms with Crippen LogP contribution in [0.4, 0.5) is 0 Å². The molecular formula is C21H24N2O2S. The minimum atomic E-state index is 0.0509. The maximum absolute atomic E-state index is 12.2. The number of hydrogen-bond donors (Lipinski definition) is 1. The number of likely N-dealkylation sites (N-methyl/N-ethyl adjacent to an activating group) is 1. The highest BCUT2D eigenvalue weighted by Gasteiger charge is 2.10. The summed E-state index contributed by atoms with van der Waals surface area (Å²) in [4.78, 5) is 14.2. The van der Waals surface area contributed by atoms with Crippen molar-refractivity contribution in [1.29, 1.82) is 0 Å². The molecule has 0 bridgehead atoms. The third-order valence-electron chi connectivity index (χ3n) is 4.28. The number of benzene rings is 2. The first-order valence-electron chi connectivity index (χ1n) is 8.69. The third-order valence-corrected chi connectivity index (χ3v) is 5.30. The van der Waals surface area contributed by atoms with E-state index in [9.17, 15) is 4.79 Å². The summed E-state index contributed by atoms with van der Waals surface area (Å²) in [7, 11) is 3.64. The summed E-state index contributed by atoms with van der Waals surface area (Å²) in [5.74, 6) is 0.895. The molecule has 0 saturated heterocycles. The number of nitrogens with zero attached hydrogens (tertiary/aromatic N) is 1. The zero-order chi connectivity index (χ0) is 18.4. The van der Waals surface area contributed by atoms with Crippen molar-refractivity contribution in [2.75, 3.05) is 27.2 Å². The fraction of sp³-hybridized carbons (Fsp3) is 0.286. The summed E-state index contributed by atoms with van der Waals surface area (Å²) in [5, 5.41) is 6.46. The van der Waals surface area contributed by atoms with Crippen LogP contribution in [-0.4, -0.2) is 38.1 Å². The quantitative estimate of drug-likeness (QED) is 0.659. The number of thiophene rings is 1. The van der Waals surface area contributed by atoms with E-state index in [1.54, 1.807) is 18.4 Å². The van der Waals surface area contributed by atoms with Gasteiger partial charge in [-0.25, -0.2) is 0 Å². The lowest BCUT2D eigenvalue weighted by Crippen LogP contribution is -2.35. The van der Waals surface area contributed by atoms with Gasteiger partial charge < -0.3 is 10.1 Å². The highest BCUT2D eigenvalue weighted by Crippen LogP contribution is 2.26.